The molecule has 4 nitrogen and oxygen atoms in total. The van der Waals surface area contributed by atoms with Crippen LogP contribution in [0, 0.1) is 0 Å². The largest absolute Gasteiger partial charge is 0.339 e. The van der Waals surface area contributed by atoms with E-state index in [4.69, 9.17) is 10.3 Å². The quantitative estimate of drug-likeness (QED) is 0.935. The lowest BCUT2D eigenvalue weighted by Crippen LogP contribution is -2.22. The zero-order valence-electron chi connectivity index (χ0n) is 11.5. The first-order valence-corrected chi connectivity index (χ1v) is 6.30. The minimum absolute atomic E-state index is 0. The Morgan fingerprint density at radius 2 is 1.84 bits per heavy atom. The Morgan fingerprint density at radius 3 is 2.37 bits per heavy atom. The van der Waals surface area contributed by atoms with Gasteiger partial charge < -0.3 is 10.3 Å². The molecule has 0 bridgehead atoms. The molecule has 0 saturated heterocycles. The SMILES string of the molecule is CCc1ccc(-c2noc(C(C)C(C)N)n2)cc1.Cl. The zero-order valence-corrected chi connectivity index (χ0v) is 12.3. The van der Waals surface area contributed by atoms with E-state index >= 15 is 0 Å². The van der Waals surface area contributed by atoms with Crippen LogP contribution in [0.25, 0.3) is 11.4 Å². The van der Waals surface area contributed by atoms with E-state index in [1.807, 2.05) is 26.0 Å². The van der Waals surface area contributed by atoms with Crippen molar-refractivity contribution in [3.63, 3.8) is 0 Å². The van der Waals surface area contributed by atoms with Gasteiger partial charge in [0, 0.05) is 11.6 Å². The zero-order chi connectivity index (χ0) is 13.1. The fraction of sp³-hybridized carbons (Fsp3) is 0.429. The van der Waals surface area contributed by atoms with Crippen LogP contribution >= 0.6 is 12.4 Å². The van der Waals surface area contributed by atoms with Gasteiger partial charge in [0.15, 0.2) is 0 Å². The van der Waals surface area contributed by atoms with Crippen molar-refractivity contribution in [3.8, 4) is 11.4 Å². The van der Waals surface area contributed by atoms with E-state index in [2.05, 4.69) is 29.2 Å². The number of hydrogen-bond acceptors (Lipinski definition) is 4. The van der Waals surface area contributed by atoms with Gasteiger partial charge in [0.1, 0.15) is 0 Å². The molecule has 2 unspecified atom stereocenters. The molecule has 1 heterocycles. The van der Waals surface area contributed by atoms with Gasteiger partial charge >= 0.3 is 0 Å². The van der Waals surface area contributed by atoms with Crippen molar-refractivity contribution in [3.05, 3.63) is 35.7 Å². The molecule has 1 aromatic heterocycles. The molecule has 104 valence electrons. The standard InChI is InChI=1S/C14H19N3O.ClH/c1-4-11-5-7-12(8-6-11)13-16-14(18-17-13)9(2)10(3)15;/h5-10H,4,15H2,1-3H3;1H. The number of benzene rings is 1. The van der Waals surface area contributed by atoms with Crippen LogP contribution in [-0.4, -0.2) is 16.2 Å². The summed E-state index contributed by atoms with van der Waals surface area (Å²) in [5, 5.41) is 4.00. The molecule has 0 amide bonds. The van der Waals surface area contributed by atoms with E-state index in [1.54, 1.807) is 0 Å². The highest BCUT2D eigenvalue weighted by atomic mass is 35.5. The van der Waals surface area contributed by atoms with E-state index in [0.717, 1.165) is 12.0 Å². The first kappa shape index (κ1) is 15.7. The number of aromatic nitrogens is 2. The van der Waals surface area contributed by atoms with E-state index in [-0.39, 0.29) is 24.4 Å². The second-order valence-electron chi connectivity index (χ2n) is 4.65. The second-order valence-corrected chi connectivity index (χ2v) is 4.65. The van der Waals surface area contributed by atoms with Gasteiger partial charge in [-0.05, 0) is 18.9 Å². The summed E-state index contributed by atoms with van der Waals surface area (Å²) >= 11 is 0. The highest BCUT2D eigenvalue weighted by Crippen LogP contribution is 2.21. The van der Waals surface area contributed by atoms with Gasteiger partial charge in [-0.2, -0.15) is 4.98 Å². The summed E-state index contributed by atoms with van der Waals surface area (Å²) in [7, 11) is 0. The predicted octanol–water partition coefficient (Wildman–Crippen LogP) is 3.17. The van der Waals surface area contributed by atoms with Crippen LogP contribution in [-0.2, 0) is 6.42 Å². The summed E-state index contributed by atoms with van der Waals surface area (Å²) in [5.74, 6) is 1.29. The summed E-state index contributed by atoms with van der Waals surface area (Å²) in [5.41, 5.74) is 8.09. The molecule has 2 atom stereocenters. The Bertz CT molecular complexity index is 508. The number of rotatable bonds is 4. The average molecular weight is 282 g/mol. The van der Waals surface area contributed by atoms with E-state index in [0.29, 0.717) is 11.7 Å². The van der Waals surface area contributed by atoms with E-state index in [1.165, 1.54) is 5.56 Å². The Labute approximate surface area is 119 Å². The third-order valence-corrected chi connectivity index (χ3v) is 3.24. The van der Waals surface area contributed by atoms with Crippen molar-refractivity contribution >= 4 is 12.4 Å². The summed E-state index contributed by atoms with van der Waals surface area (Å²) < 4.78 is 5.26. The van der Waals surface area contributed by atoms with Gasteiger partial charge in [0.05, 0.1) is 5.92 Å². The van der Waals surface area contributed by atoms with Crippen molar-refractivity contribution in [1.82, 2.24) is 10.1 Å². The molecule has 5 heteroatoms. The highest BCUT2D eigenvalue weighted by molar-refractivity contribution is 5.85. The number of halogens is 1. The average Bonchev–Trinajstić information content (AvgIpc) is 2.87. The van der Waals surface area contributed by atoms with Crippen molar-refractivity contribution < 1.29 is 4.52 Å². The minimum atomic E-state index is 0. The molecule has 2 N–H and O–H groups in total. The van der Waals surface area contributed by atoms with Crippen LogP contribution in [0.1, 0.15) is 38.1 Å². The third-order valence-electron chi connectivity index (χ3n) is 3.24. The third kappa shape index (κ3) is 3.55. The predicted molar refractivity (Wildman–Crippen MR) is 78.4 cm³/mol. The van der Waals surface area contributed by atoms with Gasteiger partial charge in [0.25, 0.3) is 0 Å². The number of aryl methyl sites for hydroxylation is 1. The lowest BCUT2D eigenvalue weighted by molar-refractivity contribution is 0.347. The van der Waals surface area contributed by atoms with Crippen LogP contribution in [0.15, 0.2) is 28.8 Å². The van der Waals surface area contributed by atoms with Crippen LogP contribution in [0.4, 0.5) is 0 Å². The molecule has 19 heavy (non-hydrogen) atoms. The van der Waals surface area contributed by atoms with Crippen LogP contribution in [0.3, 0.4) is 0 Å². The molecule has 0 spiro atoms. The molecule has 0 saturated carbocycles. The highest BCUT2D eigenvalue weighted by Gasteiger charge is 2.18. The van der Waals surface area contributed by atoms with Gasteiger partial charge in [0.2, 0.25) is 11.7 Å². The smallest absolute Gasteiger partial charge is 0.231 e. The molecule has 1 aromatic carbocycles. The Balaban J connectivity index is 0.00000180. The Kier molecular flexibility index (Phi) is 5.51. The summed E-state index contributed by atoms with van der Waals surface area (Å²) in [6, 6.07) is 8.20. The first-order valence-electron chi connectivity index (χ1n) is 6.30. The molecule has 0 aliphatic rings. The molecule has 0 radical (unpaired) electrons. The maximum Gasteiger partial charge on any atom is 0.231 e. The number of nitrogens with zero attached hydrogens (tertiary/aromatic N) is 2. The fourth-order valence-electron chi connectivity index (χ4n) is 1.65. The normalized spacial score (nSPS) is 13.7. The van der Waals surface area contributed by atoms with Crippen LogP contribution < -0.4 is 5.73 Å². The molecule has 0 aliphatic carbocycles. The maximum atomic E-state index is 5.83. The summed E-state index contributed by atoms with van der Waals surface area (Å²) in [4.78, 5) is 4.40. The first-order chi connectivity index (χ1) is 8.61. The molecule has 2 rings (SSSR count). The van der Waals surface area contributed by atoms with E-state index in [9.17, 15) is 0 Å². The van der Waals surface area contributed by atoms with Gasteiger partial charge in [-0.1, -0.05) is 43.3 Å². The molecular formula is C14H20ClN3O. The fourth-order valence-corrected chi connectivity index (χ4v) is 1.65. The van der Waals surface area contributed by atoms with Crippen LogP contribution in [0.5, 0.6) is 0 Å². The van der Waals surface area contributed by atoms with Crippen molar-refractivity contribution in [2.75, 3.05) is 0 Å². The molecule has 2 aromatic rings. The van der Waals surface area contributed by atoms with Crippen LogP contribution in [0.2, 0.25) is 0 Å². The van der Waals surface area contributed by atoms with Gasteiger partial charge in [-0.3, -0.25) is 0 Å². The summed E-state index contributed by atoms with van der Waals surface area (Å²) in [6.07, 6.45) is 1.03. The van der Waals surface area contributed by atoms with Crippen molar-refractivity contribution in [2.24, 2.45) is 5.73 Å². The summed E-state index contributed by atoms with van der Waals surface area (Å²) in [6.45, 7) is 6.05. The van der Waals surface area contributed by atoms with Crippen molar-refractivity contribution in [1.29, 1.82) is 0 Å². The second kappa shape index (κ2) is 6.68. The topological polar surface area (TPSA) is 64.9 Å². The van der Waals surface area contributed by atoms with E-state index < -0.39 is 0 Å². The number of nitrogens with two attached hydrogens (primary N) is 1. The van der Waals surface area contributed by atoms with Gasteiger partial charge in [-0.15, -0.1) is 12.4 Å². The molecule has 0 fully saturated rings. The lowest BCUT2D eigenvalue weighted by Gasteiger charge is -2.09. The Hall–Kier alpha value is -1.39. The molecule has 0 aliphatic heterocycles. The Morgan fingerprint density at radius 1 is 1.21 bits per heavy atom. The van der Waals surface area contributed by atoms with Gasteiger partial charge in [-0.25, -0.2) is 0 Å². The molecular weight excluding hydrogens is 262 g/mol. The van der Waals surface area contributed by atoms with Crippen molar-refractivity contribution in [2.45, 2.75) is 39.2 Å². The lowest BCUT2D eigenvalue weighted by atomic mass is 10.1. The maximum absolute atomic E-state index is 5.83. The number of hydrogen-bond donors (Lipinski definition) is 1. The minimum Gasteiger partial charge on any atom is -0.339 e. The monoisotopic (exact) mass is 281 g/mol.